The lowest BCUT2D eigenvalue weighted by Crippen LogP contribution is -2.08. The van der Waals surface area contributed by atoms with Gasteiger partial charge in [-0.3, -0.25) is 16.0 Å². The lowest BCUT2D eigenvalue weighted by atomic mass is 10.2. The first-order valence-electron chi connectivity index (χ1n) is 5.37. The summed E-state index contributed by atoms with van der Waals surface area (Å²) in [6, 6.07) is 4.37. The van der Waals surface area contributed by atoms with Crippen molar-refractivity contribution in [1.29, 1.82) is 0 Å². The molecular weight excluding hydrogens is 252 g/mol. The van der Waals surface area contributed by atoms with Crippen LogP contribution >= 0.6 is 0 Å². The lowest BCUT2D eigenvalue weighted by molar-refractivity contribution is -0.384. The molecule has 0 aliphatic carbocycles. The summed E-state index contributed by atoms with van der Waals surface area (Å²) in [4.78, 5) is 14.3. The minimum absolute atomic E-state index is 0.0674. The van der Waals surface area contributed by atoms with Crippen LogP contribution in [0.1, 0.15) is 11.7 Å². The van der Waals surface area contributed by atoms with Gasteiger partial charge in [0, 0.05) is 24.7 Å². The molecule has 0 fully saturated rings. The molecule has 0 radical (unpaired) electrons. The number of hydrogen-bond acceptors (Lipinski definition) is 8. The number of nitrogen functional groups attached to an aromatic ring is 1. The summed E-state index contributed by atoms with van der Waals surface area (Å²) in [5.41, 5.74) is 3.27. The summed E-state index contributed by atoms with van der Waals surface area (Å²) < 4.78 is 4.82. The van der Waals surface area contributed by atoms with Gasteiger partial charge in [-0.25, -0.2) is 0 Å². The van der Waals surface area contributed by atoms with E-state index in [1.54, 1.807) is 13.0 Å². The number of nitrogens with one attached hydrogen (secondary N) is 2. The van der Waals surface area contributed by atoms with Gasteiger partial charge in [-0.1, -0.05) is 5.16 Å². The van der Waals surface area contributed by atoms with Gasteiger partial charge in [0.25, 0.3) is 5.69 Å². The molecule has 9 nitrogen and oxygen atoms in total. The Bertz CT molecular complexity index is 597. The van der Waals surface area contributed by atoms with Crippen molar-refractivity contribution in [1.82, 2.24) is 10.1 Å². The van der Waals surface area contributed by atoms with E-state index in [0.29, 0.717) is 29.6 Å². The first-order chi connectivity index (χ1) is 9.08. The van der Waals surface area contributed by atoms with Crippen molar-refractivity contribution < 1.29 is 9.45 Å². The molecule has 9 heteroatoms. The number of benzene rings is 1. The summed E-state index contributed by atoms with van der Waals surface area (Å²) >= 11 is 0. The fourth-order valence-electron chi connectivity index (χ4n) is 1.50. The number of non-ortho nitro benzene ring substituents is 1. The quantitative estimate of drug-likeness (QED) is 0.416. The molecule has 0 aliphatic rings. The zero-order valence-corrected chi connectivity index (χ0v) is 10.1. The lowest BCUT2D eigenvalue weighted by Gasteiger charge is -2.06. The van der Waals surface area contributed by atoms with Gasteiger partial charge in [0.05, 0.1) is 17.2 Å². The van der Waals surface area contributed by atoms with Gasteiger partial charge >= 0.3 is 0 Å². The number of nitrogens with zero attached hydrogens (tertiary/aromatic N) is 3. The van der Waals surface area contributed by atoms with Crippen molar-refractivity contribution in [2.45, 2.75) is 13.5 Å². The second-order valence-electron chi connectivity index (χ2n) is 3.75. The number of anilines is 2. The molecule has 0 amide bonds. The minimum atomic E-state index is -0.496. The van der Waals surface area contributed by atoms with E-state index >= 15 is 0 Å². The van der Waals surface area contributed by atoms with Gasteiger partial charge in [-0.05, 0) is 6.07 Å². The largest absolute Gasteiger partial charge is 0.377 e. The van der Waals surface area contributed by atoms with Crippen LogP contribution in [0.4, 0.5) is 17.1 Å². The van der Waals surface area contributed by atoms with E-state index in [1.807, 2.05) is 0 Å². The minimum Gasteiger partial charge on any atom is -0.377 e. The summed E-state index contributed by atoms with van der Waals surface area (Å²) in [7, 11) is 0. The number of aryl methyl sites for hydroxylation is 1. The molecule has 0 saturated carbocycles. The van der Waals surface area contributed by atoms with Crippen LogP contribution in [0.2, 0.25) is 0 Å². The normalized spacial score (nSPS) is 10.2. The fourth-order valence-corrected chi connectivity index (χ4v) is 1.50. The van der Waals surface area contributed by atoms with Crippen molar-refractivity contribution in [2.75, 3.05) is 10.7 Å². The van der Waals surface area contributed by atoms with Gasteiger partial charge in [0.2, 0.25) is 5.89 Å². The third-order valence-electron chi connectivity index (χ3n) is 2.32. The molecule has 0 atom stereocenters. The van der Waals surface area contributed by atoms with E-state index in [0.717, 1.165) is 0 Å². The smallest absolute Gasteiger partial charge is 0.273 e. The van der Waals surface area contributed by atoms with Crippen molar-refractivity contribution in [3.8, 4) is 0 Å². The molecule has 19 heavy (non-hydrogen) atoms. The van der Waals surface area contributed by atoms with E-state index < -0.39 is 4.92 Å². The van der Waals surface area contributed by atoms with Crippen LogP contribution in [-0.2, 0) is 6.54 Å². The Morgan fingerprint density at radius 1 is 1.42 bits per heavy atom. The Balaban J connectivity index is 2.15. The van der Waals surface area contributed by atoms with Gasteiger partial charge in [-0.15, -0.1) is 0 Å². The van der Waals surface area contributed by atoms with Gasteiger partial charge < -0.3 is 15.3 Å². The molecule has 0 spiro atoms. The highest BCUT2D eigenvalue weighted by Gasteiger charge is 2.10. The zero-order chi connectivity index (χ0) is 13.8. The average molecular weight is 264 g/mol. The highest BCUT2D eigenvalue weighted by molar-refractivity contribution is 5.63. The summed E-state index contributed by atoms with van der Waals surface area (Å²) in [5.74, 6) is 6.18. The van der Waals surface area contributed by atoms with E-state index in [-0.39, 0.29) is 5.69 Å². The Hall–Kier alpha value is -2.68. The van der Waals surface area contributed by atoms with Crippen LogP contribution in [-0.4, -0.2) is 15.1 Å². The SMILES string of the molecule is Cc1nc(CNc2cc(NN)cc([N+](=O)[O-])c2)no1. The zero-order valence-electron chi connectivity index (χ0n) is 10.1. The third kappa shape index (κ3) is 3.16. The molecule has 1 aromatic carbocycles. The maximum absolute atomic E-state index is 10.8. The molecule has 100 valence electrons. The van der Waals surface area contributed by atoms with Crippen LogP contribution in [0.15, 0.2) is 22.7 Å². The van der Waals surface area contributed by atoms with Crippen molar-refractivity contribution >= 4 is 17.1 Å². The van der Waals surface area contributed by atoms with Crippen molar-refractivity contribution in [3.05, 3.63) is 40.0 Å². The second kappa shape index (κ2) is 5.31. The van der Waals surface area contributed by atoms with Crippen molar-refractivity contribution in [2.24, 2.45) is 5.84 Å². The molecule has 0 saturated heterocycles. The van der Waals surface area contributed by atoms with Crippen LogP contribution < -0.4 is 16.6 Å². The summed E-state index contributed by atoms with van der Waals surface area (Å²) in [6.07, 6.45) is 0. The van der Waals surface area contributed by atoms with E-state index in [1.165, 1.54) is 12.1 Å². The van der Waals surface area contributed by atoms with E-state index in [2.05, 4.69) is 20.9 Å². The predicted molar refractivity (Wildman–Crippen MR) is 67.3 cm³/mol. The summed E-state index contributed by atoms with van der Waals surface area (Å²) in [5, 5.41) is 17.4. The number of rotatable bonds is 5. The number of nitrogens with two attached hydrogens (primary N) is 1. The van der Waals surface area contributed by atoms with Gasteiger partial charge in [-0.2, -0.15) is 4.98 Å². The molecular formula is C10H12N6O3. The molecule has 0 aliphatic heterocycles. The highest BCUT2D eigenvalue weighted by atomic mass is 16.6. The topological polar surface area (TPSA) is 132 Å². The van der Waals surface area contributed by atoms with E-state index in [9.17, 15) is 10.1 Å². The molecule has 0 unspecified atom stereocenters. The standard InChI is InChI=1S/C10H12N6O3/c1-6-13-10(15-19-6)5-12-7-2-8(14-11)4-9(3-7)16(17)18/h2-4,12,14H,5,11H2,1H3. The average Bonchev–Trinajstić information content (AvgIpc) is 2.81. The first-order valence-corrected chi connectivity index (χ1v) is 5.37. The van der Waals surface area contributed by atoms with Gasteiger partial charge in [0.1, 0.15) is 0 Å². The number of nitro benzene ring substituents is 1. The molecule has 0 bridgehead atoms. The maximum Gasteiger partial charge on any atom is 0.273 e. The van der Waals surface area contributed by atoms with Crippen LogP contribution in [0.5, 0.6) is 0 Å². The molecule has 2 aromatic rings. The van der Waals surface area contributed by atoms with Gasteiger partial charge in [0.15, 0.2) is 5.82 Å². The number of aromatic nitrogens is 2. The number of nitro groups is 1. The Morgan fingerprint density at radius 2 is 2.16 bits per heavy atom. The molecule has 2 rings (SSSR count). The molecule has 1 heterocycles. The Morgan fingerprint density at radius 3 is 2.74 bits per heavy atom. The maximum atomic E-state index is 10.8. The summed E-state index contributed by atoms with van der Waals surface area (Å²) in [6.45, 7) is 1.98. The van der Waals surface area contributed by atoms with E-state index in [4.69, 9.17) is 10.4 Å². The van der Waals surface area contributed by atoms with Crippen LogP contribution in [0.25, 0.3) is 0 Å². The van der Waals surface area contributed by atoms with Crippen molar-refractivity contribution in [3.63, 3.8) is 0 Å². The van der Waals surface area contributed by atoms with Crippen LogP contribution in [0, 0.1) is 17.0 Å². The number of hydrazine groups is 1. The number of hydrogen-bond donors (Lipinski definition) is 3. The molecule has 4 N–H and O–H groups in total. The predicted octanol–water partition coefficient (Wildman–Crippen LogP) is 1.18. The first kappa shape index (κ1) is 12.8. The third-order valence-corrected chi connectivity index (χ3v) is 2.32. The van der Waals surface area contributed by atoms with Crippen LogP contribution in [0.3, 0.4) is 0 Å². The Labute approximate surface area is 107 Å². The highest BCUT2D eigenvalue weighted by Crippen LogP contribution is 2.23. The fraction of sp³-hybridized carbons (Fsp3) is 0.200. The Kier molecular flexibility index (Phi) is 3.57. The molecule has 1 aromatic heterocycles. The second-order valence-corrected chi connectivity index (χ2v) is 3.75. The monoisotopic (exact) mass is 264 g/mol.